The first kappa shape index (κ1) is 14.8. The van der Waals surface area contributed by atoms with E-state index in [1.807, 2.05) is 6.92 Å². The van der Waals surface area contributed by atoms with Crippen molar-refractivity contribution in [1.29, 1.82) is 0 Å². The number of carbonyl (C=O) groups is 1. The number of amides is 1. The van der Waals surface area contributed by atoms with Gasteiger partial charge in [-0.1, -0.05) is 11.8 Å². The summed E-state index contributed by atoms with van der Waals surface area (Å²) in [6.45, 7) is 1.84. The van der Waals surface area contributed by atoms with Gasteiger partial charge >= 0.3 is 0 Å². The highest BCUT2D eigenvalue weighted by atomic mass is 16.2. The fraction of sp³-hybridized carbons (Fsp3) is 0.267. The van der Waals surface area contributed by atoms with Crippen LogP contribution in [0.5, 0.6) is 0 Å². The Balaban J connectivity index is 2.24. The van der Waals surface area contributed by atoms with E-state index in [4.69, 9.17) is 5.11 Å². The first-order chi connectivity index (χ1) is 10.1. The number of carbonyl (C=O) groups excluding carboxylic acids is 1. The molecule has 2 aromatic rings. The Morgan fingerprint density at radius 2 is 2.33 bits per heavy atom. The average molecular weight is 284 g/mol. The number of rotatable bonds is 3. The van der Waals surface area contributed by atoms with Gasteiger partial charge in [-0.05, 0) is 13.0 Å². The Labute approximate surface area is 122 Å². The molecule has 2 heterocycles. The second kappa shape index (κ2) is 6.68. The standard InChI is InChI=1S/C15H16N4O2/c1-11-9-14(19(2)18-11)17-15(21)13-6-7-16-10-12(13)5-3-4-8-20/h6-7,9-10,20H,4,8H2,1-2H3,(H,17,21). The number of nitrogens with zero attached hydrogens (tertiary/aromatic N) is 3. The van der Waals surface area contributed by atoms with E-state index in [0.717, 1.165) is 5.69 Å². The van der Waals surface area contributed by atoms with Gasteiger partial charge in [0.25, 0.3) is 5.91 Å². The molecule has 0 bridgehead atoms. The molecule has 0 unspecified atom stereocenters. The van der Waals surface area contributed by atoms with Crippen molar-refractivity contribution in [2.24, 2.45) is 7.05 Å². The quantitative estimate of drug-likeness (QED) is 0.827. The number of aromatic nitrogens is 3. The van der Waals surface area contributed by atoms with E-state index in [-0.39, 0.29) is 12.5 Å². The van der Waals surface area contributed by atoms with E-state index in [1.165, 1.54) is 6.20 Å². The Morgan fingerprint density at radius 1 is 1.52 bits per heavy atom. The second-order valence-corrected chi connectivity index (χ2v) is 4.45. The normalized spacial score (nSPS) is 9.86. The molecule has 2 aromatic heterocycles. The lowest BCUT2D eigenvalue weighted by atomic mass is 10.1. The smallest absolute Gasteiger partial charge is 0.258 e. The maximum Gasteiger partial charge on any atom is 0.258 e. The molecule has 0 aliphatic carbocycles. The molecule has 108 valence electrons. The molecule has 0 aliphatic rings. The third kappa shape index (κ3) is 3.68. The van der Waals surface area contributed by atoms with Gasteiger partial charge in [-0.2, -0.15) is 5.10 Å². The summed E-state index contributed by atoms with van der Waals surface area (Å²) in [7, 11) is 1.76. The van der Waals surface area contributed by atoms with Gasteiger partial charge in [0.15, 0.2) is 0 Å². The van der Waals surface area contributed by atoms with Crippen molar-refractivity contribution < 1.29 is 9.90 Å². The number of aliphatic hydroxyl groups excluding tert-OH is 1. The van der Waals surface area contributed by atoms with E-state index in [1.54, 1.807) is 30.1 Å². The highest BCUT2D eigenvalue weighted by molar-refractivity contribution is 6.05. The van der Waals surface area contributed by atoms with Crippen LogP contribution in [0, 0.1) is 18.8 Å². The molecule has 2 rings (SSSR count). The van der Waals surface area contributed by atoms with Gasteiger partial charge in [0.1, 0.15) is 5.82 Å². The molecule has 1 amide bonds. The topological polar surface area (TPSA) is 80.0 Å². The molecular weight excluding hydrogens is 268 g/mol. The minimum absolute atomic E-state index is 0.0108. The number of hydrogen-bond donors (Lipinski definition) is 2. The summed E-state index contributed by atoms with van der Waals surface area (Å²) in [4.78, 5) is 16.3. The molecule has 0 radical (unpaired) electrons. The lowest BCUT2D eigenvalue weighted by Gasteiger charge is -2.06. The molecule has 0 atom stereocenters. The van der Waals surface area contributed by atoms with Crippen molar-refractivity contribution in [3.05, 3.63) is 41.3 Å². The van der Waals surface area contributed by atoms with E-state index >= 15 is 0 Å². The maximum atomic E-state index is 12.3. The molecule has 0 aromatic carbocycles. The van der Waals surface area contributed by atoms with Gasteiger partial charge in [-0.25, -0.2) is 0 Å². The van der Waals surface area contributed by atoms with Crippen LogP contribution in [-0.4, -0.2) is 32.4 Å². The molecule has 0 saturated heterocycles. The van der Waals surface area contributed by atoms with Gasteiger partial charge in [-0.3, -0.25) is 14.5 Å². The number of hydrogen-bond acceptors (Lipinski definition) is 4. The molecule has 2 N–H and O–H groups in total. The predicted octanol–water partition coefficient (Wildman–Crippen LogP) is 1.11. The minimum atomic E-state index is -0.270. The number of nitrogens with one attached hydrogen (secondary N) is 1. The third-order valence-electron chi connectivity index (χ3n) is 2.77. The second-order valence-electron chi connectivity index (χ2n) is 4.45. The van der Waals surface area contributed by atoms with Gasteiger partial charge in [-0.15, -0.1) is 0 Å². The van der Waals surface area contributed by atoms with Crippen LogP contribution in [0.15, 0.2) is 24.5 Å². The highest BCUT2D eigenvalue weighted by Gasteiger charge is 2.12. The molecule has 6 heteroatoms. The van der Waals surface area contributed by atoms with Gasteiger partial charge in [0.05, 0.1) is 23.4 Å². The summed E-state index contributed by atoms with van der Waals surface area (Å²) in [6, 6.07) is 3.40. The van der Waals surface area contributed by atoms with Crippen molar-refractivity contribution in [1.82, 2.24) is 14.8 Å². The van der Waals surface area contributed by atoms with Crippen molar-refractivity contribution in [3.63, 3.8) is 0 Å². The predicted molar refractivity (Wildman–Crippen MR) is 78.7 cm³/mol. The van der Waals surface area contributed by atoms with E-state index in [9.17, 15) is 4.79 Å². The summed E-state index contributed by atoms with van der Waals surface area (Å²) >= 11 is 0. The van der Waals surface area contributed by atoms with Crippen molar-refractivity contribution in [2.75, 3.05) is 11.9 Å². The zero-order valence-corrected chi connectivity index (χ0v) is 11.9. The van der Waals surface area contributed by atoms with Crippen LogP contribution in [0.4, 0.5) is 5.82 Å². The van der Waals surface area contributed by atoms with Gasteiger partial charge in [0, 0.05) is 31.9 Å². The monoisotopic (exact) mass is 284 g/mol. The SMILES string of the molecule is Cc1cc(NC(=O)c2ccncc2C#CCCO)n(C)n1. The highest BCUT2D eigenvalue weighted by Crippen LogP contribution is 2.12. The number of anilines is 1. The Morgan fingerprint density at radius 3 is 3.00 bits per heavy atom. The van der Waals surface area contributed by atoms with Crippen LogP contribution in [0.1, 0.15) is 28.0 Å². The van der Waals surface area contributed by atoms with Crippen LogP contribution in [0.2, 0.25) is 0 Å². The molecular formula is C15H16N4O2. The number of aryl methyl sites for hydroxylation is 2. The summed E-state index contributed by atoms with van der Waals surface area (Å²) in [6.07, 6.45) is 3.44. The maximum absolute atomic E-state index is 12.3. The molecule has 0 saturated carbocycles. The van der Waals surface area contributed by atoms with Gasteiger partial charge in [0.2, 0.25) is 0 Å². The third-order valence-corrected chi connectivity index (χ3v) is 2.77. The van der Waals surface area contributed by atoms with E-state index in [0.29, 0.717) is 23.4 Å². The first-order valence-corrected chi connectivity index (χ1v) is 6.47. The fourth-order valence-corrected chi connectivity index (χ4v) is 1.82. The minimum Gasteiger partial charge on any atom is -0.395 e. The van der Waals surface area contributed by atoms with Crippen LogP contribution in [0.25, 0.3) is 0 Å². The molecule has 21 heavy (non-hydrogen) atoms. The Kier molecular flexibility index (Phi) is 4.69. The number of pyridine rings is 1. The lowest BCUT2D eigenvalue weighted by Crippen LogP contribution is -2.16. The van der Waals surface area contributed by atoms with Crippen LogP contribution in [-0.2, 0) is 7.05 Å². The van der Waals surface area contributed by atoms with Crippen LogP contribution >= 0.6 is 0 Å². The Hall–Kier alpha value is -2.65. The van der Waals surface area contributed by atoms with Crippen LogP contribution in [0.3, 0.4) is 0 Å². The molecule has 0 fully saturated rings. The first-order valence-electron chi connectivity index (χ1n) is 6.47. The van der Waals surface area contributed by atoms with Crippen molar-refractivity contribution in [2.45, 2.75) is 13.3 Å². The summed E-state index contributed by atoms with van der Waals surface area (Å²) in [5.74, 6) is 5.98. The van der Waals surface area contributed by atoms with E-state index < -0.39 is 0 Å². The summed E-state index contributed by atoms with van der Waals surface area (Å²) < 4.78 is 1.60. The molecule has 0 spiro atoms. The van der Waals surface area contributed by atoms with Gasteiger partial charge < -0.3 is 10.4 Å². The number of aliphatic hydroxyl groups is 1. The zero-order valence-electron chi connectivity index (χ0n) is 11.9. The Bertz CT molecular complexity index is 710. The zero-order chi connectivity index (χ0) is 15.2. The molecule has 6 nitrogen and oxygen atoms in total. The molecule has 0 aliphatic heterocycles. The summed E-state index contributed by atoms with van der Waals surface area (Å²) in [5.41, 5.74) is 1.79. The largest absolute Gasteiger partial charge is 0.395 e. The lowest BCUT2D eigenvalue weighted by molar-refractivity contribution is 0.102. The van der Waals surface area contributed by atoms with Crippen LogP contribution < -0.4 is 5.32 Å². The van der Waals surface area contributed by atoms with E-state index in [2.05, 4.69) is 27.2 Å². The van der Waals surface area contributed by atoms with Crippen molar-refractivity contribution >= 4 is 11.7 Å². The van der Waals surface area contributed by atoms with Crippen molar-refractivity contribution in [3.8, 4) is 11.8 Å². The average Bonchev–Trinajstić information content (AvgIpc) is 2.77. The fourth-order valence-electron chi connectivity index (χ4n) is 1.82. The summed E-state index contributed by atoms with van der Waals surface area (Å²) in [5, 5.41) is 15.7.